The summed E-state index contributed by atoms with van der Waals surface area (Å²) in [5.74, 6) is -1.24. The molecular weight excluding hydrogens is 294 g/mol. The molecule has 1 rings (SSSR count). The van der Waals surface area contributed by atoms with Gasteiger partial charge in [-0.3, -0.25) is 9.59 Å². The van der Waals surface area contributed by atoms with E-state index in [1.54, 1.807) is 0 Å². The molecule has 2 N–H and O–H groups in total. The molecule has 5 heteroatoms. The van der Waals surface area contributed by atoms with Crippen molar-refractivity contribution >= 4 is 17.7 Å². The molecule has 0 heterocycles. The van der Waals surface area contributed by atoms with E-state index in [1.165, 1.54) is 0 Å². The molecule has 0 spiro atoms. The molecule has 23 heavy (non-hydrogen) atoms. The molecule has 1 saturated carbocycles. The van der Waals surface area contributed by atoms with Gasteiger partial charge < -0.3 is 10.4 Å². The SMILES string of the molecule is CC/C=C/C[C@H]1C(=O)CCC1CC(=O)N[C@H](C(=O)O)[C@@H](C)CC. The van der Waals surface area contributed by atoms with Crippen LogP contribution in [0.2, 0.25) is 0 Å². The quantitative estimate of drug-likeness (QED) is 0.639. The Balaban J connectivity index is 2.62. The average Bonchev–Trinajstić information content (AvgIpc) is 2.84. The number of amides is 1. The van der Waals surface area contributed by atoms with E-state index in [4.69, 9.17) is 0 Å². The number of nitrogens with one attached hydrogen (secondary N) is 1. The molecule has 0 aromatic heterocycles. The van der Waals surface area contributed by atoms with Crippen LogP contribution in [0, 0.1) is 17.8 Å². The molecule has 1 unspecified atom stereocenters. The fourth-order valence-corrected chi connectivity index (χ4v) is 3.11. The van der Waals surface area contributed by atoms with Gasteiger partial charge in [-0.15, -0.1) is 0 Å². The van der Waals surface area contributed by atoms with Crippen molar-refractivity contribution in [3.63, 3.8) is 0 Å². The highest BCUT2D eigenvalue weighted by Crippen LogP contribution is 2.34. The number of hydrogen-bond acceptors (Lipinski definition) is 3. The molecule has 0 bridgehead atoms. The second-order valence-electron chi connectivity index (χ2n) is 6.46. The van der Waals surface area contributed by atoms with E-state index in [0.717, 1.165) is 12.8 Å². The van der Waals surface area contributed by atoms with Gasteiger partial charge in [0, 0.05) is 18.8 Å². The maximum Gasteiger partial charge on any atom is 0.326 e. The predicted molar refractivity (Wildman–Crippen MR) is 88.9 cm³/mol. The summed E-state index contributed by atoms with van der Waals surface area (Å²) < 4.78 is 0. The Morgan fingerprint density at radius 1 is 1.35 bits per heavy atom. The molecule has 0 aromatic carbocycles. The molecule has 4 atom stereocenters. The summed E-state index contributed by atoms with van der Waals surface area (Å²) in [6, 6.07) is -0.858. The number of Topliss-reactive ketones (excluding diaryl/α,β-unsaturated/α-hetero) is 1. The zero-order valence-corrected chi connectivity index (χ0v) is 14.4. The average molecular weight is 323 g/mol. The van der Waals surface area contributed by atoms with Gasteiger partial charge in [0.1, 0.15) is 11.8 Å². The molecular formula is C18H29NO4. The van der Waals surface area contributed by atoms with Crippen LogP contribution >= 0.6 is 0 Å². The minimum absolute atomic E-state index is 0.0235. The van der Waals surface area contributed by atoms with E-state index in [1.807, 2.05) is 32.9 Å². The van der Waals surface area contributed by atoms with Crippen molar-refractivity contribution in [3.8, 4) is 0 Å². The first-order valence-electron chi connectivity index (χ1n) is 8.60. The molecule has 130 valence electrons. The van der Waals surface area contributed by atoms with Crippen LogP contribution in [0.5, 0.6) is 0 Å². The van der Waals surface area contributed by atoms with Crippen LogP contribution in [0.3, 0.4) is 0 Å². The lowest BCUT2D eigenvalue weighted by Gasteiger charge is -2.22. The van der Waals surface area contributed by atoms with E-state index < -0.39 is 12.0 Å². The van der Waals surface area contributed by atoms with Crippen LogP contribution in [-0.4, -0.2) is 28.8 Å². The highest BCUT2D eigenvalue weighted by atomic mass is 16.4. The summed E-state index contributed by atoms with van der Waals surface area (Å²) in [6.45, 7) is 5.76. The summed E-state index contributed by atoms with van der Waals surface area (Å²) >= 11 is 0. The van der Waals surface area contributed by atoms with E-state index in [-0.39, 0.29) is 35.9 Å². The number of aliphatic carboxylic acids is 1. The third-order valence-electron chi connectivity index (χ3n) is 4.78. The van der Waals surface area contributed by atoms with Crippen molar-refractivity contribution in [3.05, 3.63) is 12.2 Å². The summed E-state index contributed by atoms with van der Waals surface area (Å²) in [7, 11) is 0. The van der Waals surface area contributed by atoms with Crippen molar-refractivity contribution in [2.75, 3.05) is 0 Å². The molecule has 1 aliphatic rings. The fourth-order valence-electron chi connectivity index (χ4n) is 3.11. The van der Waals surface area contributed by atoms with Gasteiger partial charge in [-0.2, -0.15) is 0 Å². The van der Waals surface area contributed by atoms with Crippen molar-refractivity contribution < 1.29 is 19.5 Å². The van der Waals surface area contributed by atoms with Crippen LogP contribution in [0.25, 0.3) is 0 Å². The number of rotatable bonds is 9. The van der Waals surface area contributed by atoms with Crippen molar-refractivity contribution in [2.24, 2.45) is 17.8 Å². The number of carboxylic acids is 1. The first kappa shape index (κ1) is 19.4. The highest BCUT2D eigenvalue weighted by molar-refractivity contribution is 5.87. The Bertz CT molecular complexity index is 458. The zero-order valence-electron chi connectivity index (χ0n) is 14.4. The number of carbonyl (C=O) groups excluding carboxylic acids is 2. The van der Waals surface area contributed by atoms with E-state index >= 15 is 0 Å². The van der Waals surface area contributed by atoms with Gasteiger partial charge in [0.05, 0.1) is 0 Å². The Hall–Kier alpha value is -1.65. The summed E-state index contributed by atoms with van der Waals surface area (Å²) in [5.41, 5.74) is 0. The Morgan fingerprint density at radius 2 is 2.04 bits per heavy atom. The number of ketones is 1. The summed E-state index contributed by atoms with van der Waals surface area (Å²) in [6.07, 6.45) is 7.82. The van der Waals surface area contributed by atoms with Gasteiger partial charge >= 0.3 is 5.97 Å². The highest BCUT2D eigenvalue weighted by Gasteiger charge is 2.35. The molecule has 1 fully saturated rings. The minimum atomic E-state index is -1.00. The topological polar surface area (TPSA) is 83.5 Å². The Kier molecular flexibility index (Phi) is 8.00. The zero-order chi connectivity index (χ0) is 17.4. The lowest BCUT2D eigenvalue weighted by atomic mass is 9.89. The first-order chi connectivity index (χ1) is 10.9. The number of carbonyl (C=O) groups is 3. The van der Waals surface area contributed by atoms with Crippen LogP contribution in [0.15, 0.2) is 12.2 Å². The monoisotopic (exact) mass is 323 g/mol. The Morgan fingerprint density at radius 3 is 2.61 bits per heavy atom. The molecule has 0 radical (unpaired) electrons. The second-order valence-corrected chi connectivity index (χ2v) is 6.46. The van der Waals surface area contributed by atoms with Gasteiger partial charge in [0.2, 0.25) is 5.91 Å². The Labute approximate surface area is 138 Å². The van der Waals surface area contributed by atoms with Gasteiger partial charge in [-0.05, 0) is 31.1 Å². The van der Waals surface area contributed by atoms with Crippen molar-refractivity contribution in [1.29, 1.82) is 0 Å². The van der Waals surface area contributed by atoms with Gasteiger partial charge in [-0.1, -0.05) is 39.3 Å². The van der Waals surface area contributed by atoms with Crippen LogP contribution in [-0.2, 0) is 14.4 Å². The minimum Gasteiger partial charge on any atom is -0.480 e. The predicted octanol–water partition coefficient (Wildman–Crippen LogP) is 2.94. The molecule has 1 amide bonds. The van der Waals surface area contributed by atoms with Crippen molar-refractivity contribution in [1.82, 2.24) is 5.32 Å². The van der Waals surface area contributed by atoms with Crippen LogP contribution < -0.4 is 5.32 Å². The number of carboxylic acid groups (broad SMARTS) is 1. The molecule has 1 aliphatic carbocycles. The summed E-state index contributed by atoms with van der Waals surface area (Å²) in [4.78, 5) is 35.5. The third kappa shape index (κ3) is 5.81. The second kappa shape index (κ2) is 9.48. The molecule has 5 nitrogen and oxygen atoms in total. The third-order valence-corrected chi connectivity index (χ3v) is 4.78. The number of hydrogen-bond donors (Lipinski definition) is 2. The lowest BCUT2D eigenvalue weighted by Crippen LogP contribution is -2.45. The van der Waals surface area contributed by atoms with E-state index in [9.17, 15) is 19.5 Å². The maximum atomic E-state index is 12.2. The summed E-state index contributed by atoms with van der Waals surface area (Å²) in [5, 5.41) is 11.9. The van der Waals surface area contributed by atoms with Crippen LogP contribution in [0.4, 0.5) is 0 Å². The van der Waals surface area contributed by atoms with Gasteiger partial charge in [-0.25, -0.2) is 4.79 Å². The first-order valence-corrected chi connectivity index (χ1v) is 8.60. The molecule has 0 aromatic rings. The fraction of sp³-hybridized carbons (Fsp3) is 0.722. The van der Waals surface area contributed by atoms with E-state index in [0.29, 0.717) is 19.3 Å². The molecule has 0 saturated heterocycles. The standard InChI is InChI=1S/C18H29NO4/c1-4-6-7-8-14-13(9-10-15(14)20)11-16(21)19-17(18(22)23)12(3)5-2/h6-7,12-14,17H,4-5,8-11H2,1-3H3,(H,19,21)(H,22,23)/b7-6+/t12-,13?,14+,17-/m0/s1. The number of allylic oxidation sites excluding steroid dienone is 2. The van der Waals surface area contributed by atoms with Gasteiger partial charge in [0.15, 0.2) is 0 Å². The smallest absolute Gasteiger partial charge is 0.326 e. The largest absolute Gasteiger partial charge is 0.480 e. The maximum absolute atomic E-state index is 12.2. The normalized spacial score (nSPS) is 23.9. The van der Waals surface area contributed by atoms with Crippen LogP contribution in [0.1, 0.15) is 59.3 Å². The van der Waals surface area contributed by atoms with Gasteiger partial charge in [0.25, 0.3) is 0 Å². The van der Waals surface area contributed by atoms with Crippen molar-refractivity contribution in [2.45, 2.75) is 65.3 Å². The molecule has 0 aliphatic heterocycles. The lowest BCUT2D eigenvalue weighted by molar-refractivity contribution is -0.143. The van der Waals surface area contributed by atoms with E-state index in [2.05, 4.69) is 5.32 Å².